The minimum Gasteiger partial charge on any atom is -0.495 e. The van der Waals surface area contributed by atoms with Gasteiger partial charge in [-0.05, 0) is 64.2 Å². The van der Waals surface area contributed by atoms with Gasteiger partial charge in [0.1, 0.15) is 46.5 Å². The first-order valence-corrected chi connectivity index (χ1v) is 27.2. The van der Waals surface area contributed by atoms with E-state index in [1.165, 1.54) is 62.5 Å². The van der Waals surface area contributed by atoms with Crippen LogP contribution in [0.4, 0.5) is 10.5 Å². The summed E-state index contributed by atoms with van der Waals surface area (Å²) >= 11 is 6.83. The number of fused-ring (bicyclic) bond motifs is 5. The van der Waals surface area contributed by atoms with Gasteiger partial charge in [-0.15, -0.1) is 0 Å². The Morgan fingerprint density at radius 2 is 1.71 bits per heavy atom. The Hall–Kier alpha value is -3.28. The van der Waals surface area contributed by atoms with Crippen LogP contribution in [-0.2, 0) is 44.5 Å². The number of carbonyl (C=O) groups excluding carboxylic acids is 5. The monoisotopic (exact) mass is 1010 g/mol. The topological polar surface area (TPSA) is 174 Å². The Kier molecular flexibility index (Phi) is 21.0. The molecule has 3 heterocycles. The SMILES string of the molecule is COc1cc2cc(c1Cl)N(C)C(=O)C[C@H](OC(=O)[C@H](C)N(C)C(=O)CCSSC(C)CCC(=O)C1CCCCCCCCCC1)[C@]1(C)O[C@H]1[C@H](C)[C@@H]1C[C@@](O)(NC(=O)O1)[C@H](OC)/C=C/C=C(\C)C2. The van der Waals surface area contributed by atoms with Crippen LogP contribution in [-0.4, -0.2) is 121 Å². The Balaban J connectivity index is 1.26. The van der Waals surface area contributed by atoms with Crippen molar-refractivity contribution in [1.82, 2.24) is 10.2 Å². The zero-order chi connectivity index (χ0) is 49.8. The van der Waals surface area contributed by atoms with E-state index in [-0.39, 0.29) is 41.4 Å². The van der Waals surface area contributed by atoms with Crippen molar-refractivity contribution < 1.29 is 52.8 Å². The molecule has 1 aromatic rings. The third kappa shape index (κ3) is 14.9. The molecule has 1 saturated carbocycles. The van der Waals surface area contributed by atoms with Gasteiger partial charge in [-0.3, -0.25) is 19.7 Å². The van der Waals surface area contributed by atoms with E-state index in [1.54, 1.807) is 73.8 Å². The van der Waals surface area contributed by atoms with E-state index in [1.807, 2.05) is 19.9 Å². The second-order valence-electron chi connectivity index (χ2n) is 19.5. The number of alkyl carbamates (subject to hydrolysis) is 1. The van der Waals surface area contributed by atoms with Crippen LogP contribution in [0.15, 0.2) is 35.9 Å². The molecule has 5 rings (SSSR count). The summed E-state index contributed by atoms with van der Waals surface area (Å²) in [5.74, 6) is -0.480. The number of hydrogen-bond acceptors (Lipinski definition) is 13. The number of esters is 1. The highest BCUT2D eigenvalue weighted by molar-refractivity contribution is 8.76. The second-order valence-corrected chi connectivity index (χ2v) is 22.8. The van der Waals surface area contributed by atoms with Gasteiger partial charge in [-0.25, -0.2) is 9.59 Å². The average Bonchev–Trinajstić information content (AvgIpc) is 4.02. The van der Waals surface area contributed by atoms with Gasteiger partial charge in [-0.2, -0.15) is 0 Å². The smallest absolute Gasteiger partial charge is 0.409 e. The number of epoxide rings is 1. The number of rotatable bonds is 14. The predicted molar refractivity (Wildman–Crippen MR) is 269 cm³/mol. The molecule has 3 aliphatic heterocycles. The van der Waals surface area contributed by atoms with Crippen LogP contribution in [0.25, 0.3) is 0 Å². The summed E-state index contributed by atoms with van der Waals surface area (Å²) in [6.07, 6.45) is 14.3. The lowest BCUT2D eigenvalue weighted by Crippen LogP contribution is -2.63. The summed E-state index contributed by atoms with van der Waals surface area (Å²) in [4.78, 5) is 70.9. The minimum atomic E-state index is -1.84. The summed E-state index contributed by atoms with van der Waals surface area (Å²) in [6, 6.07) is 2.59. The van der Waals surface area contributed by atoms with E-state index in [0.717, 1.165) is 43.2 Å². The first kappa shape index (κ1) is 55.6. The molecule has 1 aromatic carbocycles. The molecule has 0 spiro atoms. The number of carbonyl (C=O) groups is 5. The van der Waals surface area contributed by atoms with Crippen molar-refractivity contribution >= 4 is 68.5 Å². The number of nitrogens with zero attached hydrogens (tertiary/aromatic N) is 2. The van der Waals surface area contributed by atoms with Crippen LogP contribution in [0.1, 0.15) is 136 Å². The van der Waals surface area contributed by atoms with Crippen LogP contribution in [0.3, 0.4) is 0 Å². The number of amides is 3. The molecule has 4 bridgehead atoms. The molecular formula is C51H76ClN3O11S2. The number of ether oxygens (including phenoxy) is 5. The zero-order valence-electron chi connectivity index (χ0n) is 41.6. The number of likely N-dealkylation sites (N-methyl/N-ethyl adjacent to an activating group) is 1. The molecule has 0 aromatic heterocycles. The van der Waals surface area contributed by atoms with Gasteiger partial charge in [0.25, 0.3) is 0 Å². The molecule has 3 amide bonds. The number of halogens is 1. The average molecular weight is 1010 g/mol. The maximum Gasteiger partial charge on any atom is 0.409 e. The quantitative estimate of drug-likeness (QED) is 0.0782. The molecule has 380 valence electrons. The summed E-state index contributed by atoms with van der Waals surface area (Å²) in [5.41, 5.74) is -0.957. The van der Waals surface area contributed by atoms with Crippen LogP contribution >= 0.6 is 33.2 Å². The normalized spacial score (nSPS) is 29.9. The number of nitrogens with one attached hydrogen (secondary N) is 1. The summed E-state index contributed by atoms with van der Waals surface area (Å²) in [5, 5.41) is 14.8. The fourth-order valence-corrected chi connectivity index (χ4v) is 12.2. The number of ketones is 1. The number of hydrogen-bond donors (Lipinski definition) is 2. The molecular weight excluding hydrogens is 930 g/mol. The first-order valence-electron chi connectivity index (χ1n) is 24.5. The van der Waals surface area contributed by atoms with Gasteiger partial charge in [0, 0.05) is 63.3 Å². The molecule has 2 saturated heterocycles. The van der Waals surface area contributed by atoms with E-state index in [4.69, 9.17) is 35.3 Å². The first-order chi connectivity index (χ1) is 32.3. The largest absolute Gasteiger partial charge is 0.495 e. The van der Waals surface area contributed by atoms with Crippen LogP contribution in [0, 0.1) is 11.8 Å². The number of aliphatic hydroxyl groups is 1. The van der Waals surface area contributed by atoms with Crippen LogP contribution < -0.4 is 15.0 Å². The highest BCUT2D eigenvalue weighted by Crippen LogP contribution is 2.49. The van der Waals surface area contributed by atoms with Crippen molar-refractivity contribution in [2.45, 2.75) is 184 Å². The Morgan fingerprint density at radius 1 is 1.04 bits per heavy atom. The van der Waals surface area contributed by atoms with Gasteiger partial charge in [0.2, 0.25) is 11.8 Å². The molecule has 1 aliphatic carbocycles. The third-order valence-electron chi connectivity index (χ3n) is 14.3. The van der Waals surface area contributed by atoms with E-state index < -0.39 is 65.7 Å². The van der Waals surface area contributed by atoms with Crippen molar-refractivity contribution in [2.24, 2.45) is 11.8 Å². The van der Waals surface area contributed by atoms with Gasteiger partial charge >= 0.3 is 12.1 Å². The Bertz CT molecular complexity index is 1980. The van der Waals surface area contributed by atoms with E-state index in [9.17, 15) is 29.1 Å². The van der Waals surface area contributed by atoms with Gasteiger partial charge in [0.15, 0.2) is 5.72 Å². The summed E-state index contributed by atoms with van der Waals surface area (Å²) in [6.45, 7) is 9.18. The van der Waals surface area contributed by atoms with Gasteiger partial charge in [-0.1, -0.05) is 122 Å². The molecule has 2 N–H and O–H groups in total. The lowest BCUT2D eigenvalue weighted by Gasteiger charge is -2.42. The number of methoxy groups -OCH3 is 2. The number of benzene rings is 1. The zero-order valence-corrected chi connectivity index (χ0v) is 44.0. The maximum absolute atomic E-state index is 14.3. The maximum atomic E-state index is 14.3. The molecule has 4 aliphatic rings. The standard InChI is InChI=1S/C51H76ClN3O11S2/c1-32-19-18-22-42(63-9)51(61)31-41(64-49(60)53-51)34(3)47-50(5,66-47)43(30-45(58)55(7)38-28-36(27-32)29-40(62-8)46(38)52)65-48(59)35(4)54(6)44(57)25-26-67-68-33(2)23-24-39(56)37-20-16-14-12-10-11-13-15-17-21-37/h18-19,22,28-29,33-35,37,41-43,47,61H,10-17,20-21,23-27,30-31H2,1-9H3,(H,53,60)/b22-18+,32-19+/t33?,34-,35+,41+,42-,43+,47+,50+,51+/m1/s1. The fourth-order valence-electron chi connectivity index (χ4n) is 9.59. The molecule has 0 radical (unpaired) electrons. The highest BCUT2D eigenvalue weighted by atomic mass is 35.5. The molecule has 9 atom stereocenters. The van der Waals surface area contributed by atoms with Crippen LogP contribution in [0.5, 0.6) is 5.75 Å². The predicted octanol–water partition coefficient (Wildman–Crippen LogP) is 9.55. The molecule has 1 unspecified atom stereocenters. The van der Waals surface area contributed by atoms with Crippen molar-refractivity contribution in [3.05, 3.63) is 46.5 Å². The molecule has 68 heavy (non-hydrogen) atoms. The van der Waals surface area contributed by atoms with Gasteiger partial charge in [0.05, 0.1) is 25.3 Å². The number of allylic oxidation sites excluding steroid dienone is 3. The number of anilines is 1. The highest BCUT2D eigenvalue weighted by Gasteiger charge is 2.64. The van der Waals surface area contributed by atoms with E-state index >= 15 is 0 Å². The minimum absolute atomic E-state index is 0.0582. The van der Waals surface area contributed by atoms with Crippen molar-refractivity contribution in [1.29, 1.82) is 0 Å². The molecule has 14 nitrogen and oxygen atoms in total. The Morgan fingerprint density at radius 3 is 2.35 bits per heavy atom. The number of Topliss-reactive ketones (excluding diaryl/α,β-unsaturated/α-hetero) is 1. The van der Waals surface area contributed by atoms with Crippen molar-refractivity contribution in [3.63, 3.8) is 0 Å². The lowest BCUT2D eigenvalue weighted by molar-refractivity contribution is -0.162. The fraction of sp³-hybridized carbons (Fsp3) is 0.706. The van der Waals surface area contributed by atoms with Crippen molar-refractivity contribution in [2.75, 3.05) is 39.0 Å². The van der Waals surface area contributed by atoms with E-state index in [0.29, 0.717) is 35.8 Å². The third-order valence-corrected chi connectivity index (χ3v) is 17.6. The summed E-state index contributed by atoms with van der Waals surface area (Å²) in [7, 11) is 9.34. The second kappa shape index (κ2) is 25.7. The van der Waals surface area contributed by atoms with E-state index in [2.05, 4.69) is 12.2 Å². The van der Waals surface area contributed by atoms with Crippen LogP contribution in [0.2, 0.25) is 5.02 Å². The molecule has 17 heteroatoms. The van der Waals surface area contributed by atoms with Crippen molar-refractivity contribution in [3.8, 4) is 5.75 Å². The molecule has 3 fully saturated rings. The van der Waals surface area contributed by atoms with Gasteiger partial charge < -0.3 is 38.6 Å². The Labute approximate surface area is 417 Å². The summed E-state index contributed by atoms with van der Waals surface area (Å²) < 4.78 is 29.6. The lowest BCUT2D eigenvalue weighted by atomic mass is 9.83.